The monoisotopic (exact) mass is 377 g/mol. The molecule has 1 heterocycles. The van der Waals surface area contributed by atoms with Crippen LogP contribution in [0.4, 0.5) is 5.69 Å². The van der Waals surface area contributed by atoms with Gasteiger partial charge in [0.2, 0.25) is 0 Å². The molecule has 0 aliphatic heterocycles. The van der Waals surface area contributed by atoms with Gasteiger partial charge in [-0.3, -0.25) is 4.79 Å². The lowest BCUT2D eigenvalue weighted by atomic mass is 9.93. The Morgan fingerprint density at radius 2 is 1.59 bits per heavy atom. The Labute approximate surface area is 164 Å². The lowest BCUT2D eigenvalue weighted by molar-refractivity contribution is -0.146. The van der Waals surface area contributed by atoms with Gasteiger partial charge in [0.1, 0.15) is 0 Å². The lowest BCUT2D eigenvalue weighted by Gasteiger charge is -2.14. The highest BCUT2D eigenvalue weighted by Gasteiger charge is 2.52. The van der Waals surface area contributed by atoms with Gasteiger partial charge in [-0.15, -0.1) is 11.3 Å². The second-order valence-corrected chi connectivity index (χ2v) is 7.79. The first-order chi connectivity index (χ1) is 13.2. The average molecular weight is 378 g/mol. The van der Waals surface area contributed by atoms with Crippen molar-refractivity contribution in [2.75, 3.05) is 19.0 Å². The summed E-state index contributed by atoms with van der Waals surface area (Å²) in [5.74, 6) is -0.0848. The van der Waals surface area contributed by atoms with Crippen molar-refractivity contribution in [3.8, 4) is 21.6 Å². The fourth-order valence-electron chi connectivity index (χ4n) is 3.53. The van der Waals surface area contributed by atoms with Crippen molar-refractivity contribution >= 4 is 23.0 Å². The van der Waals surface area contributed by atoms with Crippen LogP contribution in [0.2, 0.25) is 0 Å². The van der Waals surface area contributed by atoms with E-state index in [1.54, 1.807) is 11.3 Å². The lowest BCUT2D eigenvalue weighted by Crippen LogP contribution is -2.23. The third kappa shape index (κ3) is 3.26. The van der Waals surface area contributed by atoms with Gasteiger partial charge in [-0.25, -0.2) is 0 Å². The van der Waals surface area contributed by atoms with Crippen LogP contribution in [0.15, 0.2) is 60.0 Å². The molecule has 3 aromatic rings. The van der Waals surface area contributed by atoms with E-state index in [1.807, 2.05) is 14.0 Å². The molecule has 1 fully saturated rings. The van der Waals surface area contributed by atoms with Crippen LogP contribution >= 0.6 is 11.3 Å². The van der Waals surface area contributed by atoms with E-state index < -0.39 is 5.41 Å². The first-order valence-corrected chi connectivity index (χ1v) is 10.2. The maximum Gasteiger partial charge on any atom is 0.316 e. The summed E-state index contributed by atoms with van der Waals surface area (Å²) in [6.45, 7) is 2.29. The molecule has 0 spiro atoms. The maximum absolute atomic E-state index is 12.3. The minimum absolute atomic E-state index is 0.0848. The zero-order valence-corrected chi connectivity index (χ0v) is 16.4. The zero-order valence-electron chi connectivity index (χ0n) is 15.6. The van der Waals surface area contributed by atoms with Gasteiger partial charge < -0.3 is 10.1 Å². The summed E-state index contributed by atoms with van der Waals surface area (Å²) in [5, 5.41) is 5.34. The fraction of sp³-hybridized carbons (Fsp3) is 0.261. The zero-order chi connectivity index (χ0) is 18.9. The smallest absolute Gasteiger partial charge is 0.316 e. The predicted octanol–water partition coefficient (Wildman–Crippen LogP) is 5.72. The Morgan fingerprint density at radius 3 is 2.15 bits per heavy atom. The summed E-state index contributed by atoms with van der Waals surface area (Å²) in [7, 11) is 1.95. The third-order valence-corrected chi connectivity index (χ3v) is 6.23. The normalized spacial score (nSPS) is 14.6. The number of nitrogens with one attached hydrogen (secondary N) is 1. The topological polar surface area (TPSA) is 38.3 Å². The molecule has 0 unspecified atom stereocenters. The van der Waals surface area contributed by atoms with E-state index in [2.05, 4.69) is 65.3 Å². The largest absolute Gasteiger partial charge is 0.465 e. The van der Waals surface area contributed by atoms with E-state index in [9.17, 15) is 4.79 Å². The molecule has 1 N–H and O–H groups in total. The SMILES string of the molecule is CCOC(=O)C1(c2ccc(-c3ccc(-c4sccc4NC)cc3)cc2)CC1. The summed E-state index contributed by atoms with van der Waals surface area (Å²) in [5.41, 5.74) is 5.37. The average Bonchev–Trinajstić information content (AvgIpc) is 3.39. The molecule has 3 nitrogen and oxygen atoms in total. The first-order valence-electron chi connectivity index (χ1n) is 9.32. The van der Waals surface area contributed by atoms with Crippen LogP contribution in [0.5, 0.6) is 0 Å². The molecule has 2 aromatic carbocycles. The van der Waals surface area contributed by atoms with Crippen molar-refractivity contribution in [3.05, 3.63) is 65.5 Å². The van der Waals surface area contributed by atoms with E-state index in [4.69, 9.17) is 4.74 Å². The summed E-state index contributed by atoms with van der Waals surface area (Å²) < 4.78 is 5.26. The Balaban J connectivity index is 1.55. The summed E-state index contributed by atoms with van der Waals surface area (Å²) >= 11 is 1.74. The molecule has 1 aliphatic rings. The number of esters is 1. The van der Waals surface area contributed by atoms with Crippen molar-refractivity contribution in [2.45, 2.75) is 25.2 Å². The Bertz CT molecular complexity index is 937. The molecule has 27 heavy (non-hydrogen) atoms. The molecule has 1 aromatic heterocycles. The number of carbonyl (C=O) groups excluding carboxylic acids is 1. The van der Waals surface area contributed by atoms with E-state index in [0.717, 1.165) is 29.7 Å². The minimum Gasteiger partial charge on any atom is -0.465 e. The number of benzene rings is 2. The summed E-state index contributed by atoms with van der Waals surface area (Å²) in [6, 6.07) is 19.1. The highest BCUT2D eigenvalue weighted by Crippen LogP contribution is 2.49. The van der Waals surface area contributed by atoms with Crippen molar-refractivity contribution in [2.24, 2.45) is 0 Å². The molecule has 0 radical (unpaired) electrons. The first kappa shape index (κ1) is 17.8. The van der Waals surface area contributed by atoms with Gasteiger partial charge in [0.05, 0.1) is 22.6 Å². The number of thiophene rings is 1. The van der Waals surface area contributed by atoms with Crippen LogP contribution < -0.4 is 5.32 Å². The number of carbonyl (C=O) groups is 1. The number of hydrogen-bond donors (Lipinski definition) is 1. The second-order valence-electron chi connectivity index (χ2n) is 6.87. The van der Waals surface area contributed by atoms with E-state index in [-0.39, 0.29) is 5.97 Å². The molecular weight excluding hydrogens is 354 g/mol. The Hall–Kier alpha value is -2.59. The van der Waals surface area contributed by atoms with E-state index in [1.165, 1.54) is 16.0 Å². The standard InChI is InChI=1S/C23H23NO2S/c1-3-26-22(25)23(13-14-23)19-10-8-17(9-11-19)16-4-6-18(7-5-16)21-20(24-2)12-15-27-21/h4-12,15,24H,3,13-14H2,1-2H3. The van der Waals surface area contributed by atoms with E-state index >= 15 is 0 Å². The molecule has 0 atom stereocenters. The molecule has 4 heteroatoms. The third-order valence-electron chi connectivity index (χ3n) is 5.27. The van der Waals surface area contributed by atoms with Crippen LogP contribution in [0.25, 0.3) is 21.6 Å². The van der Waals surface area contributed by atoms with Crippen molar-refractivity contribution in [1.82, 2.24) is 0 Å². The Morgan fingerprint density at radius 1 is 1.00 bits per heavy atom. The van der Waals surface area contributed by atoms with Crippen LogP contribution in [-0.4, -0.2) is 19.6 Å². The molecule has 0 amide bonds. The van der Waals surface area contributed by atoms with Gasteiger partial charge in [-0.05, 0) is 53.5 Å². The van der Waals surface area contributed by atoms with Gasteiger partial charge in [-0.2, -0.15) is 0 Å². The number of rotatable bonds is 6. The second kappa shape index (κ2) is 7.20. The fourth-order valence-corrected chi connectivity index (χ4v) is 4.44. The van der Waals surface area contributed by atoms with Gasteiger partial charge in [0.25, 0.3) is 0 Å². The molecule has 138 valence electrons. The Kier molecular flexibility index (Phi) is 4.75. The van der Waals surface area contributed by atoms with Gasteiger partial charge in [0, 0.05) is 7.05 Å². The summed E-state index contributed by atoms with van der Waals surface area (Å²) in [4.78, 5) is 13.5. The van der Waals surface area contributed by atoms with Crippen molar-refractivity contribution in [1.29, 1.82) is 0 Å². The molecular formula is C23H23NO2S. The predicted molar refractivity (Wildman–Crippen MR) is 112 cm³/mol. The van der Waals surface area contributed by atoms with Gasteiger partial charge in [0.15, 0.2) is 0 Å². The van der Waals surface area contributed by atoms with E-state index in [0.29, 0.717) is 6.61 Å². The quantitative estimate of drug-likeness (QED) is 0.559. The number of hydrogen-bond acceptors (Lipinski definition) is 4. The van der Waals surface area contributed by atoms with Crippen LogP contribution in [0.1, 0.15) is 25.3 Å². The number of ether oxygens (including phenoxy) is 1. The highest BCUT2D eigenvalue weighted by atomic mass is 32.1. The van der Waals surface area contributed by atoms with Crippen LogP contribution in [-0.2, 0) is 14.9 Å². The van der Waals surface area contributed by atoms with Gasteiger partial charge >= 0.3 is 5.97 Å². The number of anilines is 1. The maximum atomic E-state index is 12.3. The molecule has 4 rings (SSSR count). The summed E-state index contributed by atoms with van der Waals surface area (Å²) in [6.07, 6.45) is 1.77. The van der Waals surface area contributed by atoms with Crippen LogP contribution in [0.3, 0.4) is 0 Å². The van der Waals surface area contributed by atoms with Crippen molar-refractivity contribution < 1.29 is 9.53 Å². The van der Waals surface area contributed by atoms with Gasteiger partial charge in [-0.1, -0.05) is 48.5 Å². The molecule has 1 saturated carbocycles. The molecule has 1 aliphatic carbocycles. The molecule has 0 bridgehead atoms. The molecule has 0 saturated heterocycles. The minimum atomic E-state index is -0.402. The van der Waals surface area contributed by atoms with Crippen molar-refractivity contribution in [3.63, 3.8) is 0 Å². The van der Waals surface area contributed by atoms with Crippen LogP contribution in [0, 0.1) is 0 Å². The highest BCUT2D eigenvalue weighted by molar-refractivity contribution is 7.14.